The van der Waals surface area contributed by atoms with Crippen LogP contribution in [-0.2, 0) is 6.42 Å². The molecule has 1 aromatic rings. The van der Waals surface area contributed by atoms with Gasteiger partial charge in [0.15, 0.2) is 0 Å². The van der Waals surface area contributed by atoms with Crippen molar-refractivity contribution in [2.75, 3.05) is 0 Å². The van der Waals surface area contributed by atoms with E-state index in [4.69, 9.17) is 18.0 Å². The number of phenols is 1. The molecule has 64 valence electrons. The van der Waals surface area contributed by atoms with Crippen molar-refractivity contribution in [2.45, 2.75) is 12.8 Å². The Morgan fingerprint density at radius 1 is 1.42 bits per heavy atom. The molecule has 0 spiro atoms. The van der Waals surface area contributed by atoms with Crippen LogP contribution in [0.25, 0.3) is 0 Å². The van der Waals surface area contributed by atoms with Crippen LogP contribution in [0.2, 0.25) is 0 Å². The van der Waals surface area contributed by atoms with Gasteiger partial charge in [0.1, 0.15) is 5.75 Å². The second-order valence-corrected chi connectivity index (χ2v) is 3.12. The van der Waals surface area contributed by atoms with Gasteiger partial charge in [0.2, 0.25) is 0 Å². The van der Waals surface area contributed by atoms with Crippen LogP contribution in [0.15, 0.2) is 24.3 Å². The van der Waals surface area contributed by atoms with Gasteiger partial charge in [-0.15, -0.1) is 0 Å². The number of para-hydroxylation sites is 1. The third kappa shape index (κ3) is 2.51. The van der Waals surface area contributed by atoms with E-state index < -0.39 is 0 Å². The normalized spacial score (nSPS) is 9.67. The van der Waals surface area contributed by atoms with E-state index in [1.807, 2.05) is 12.1 Å². The van der Waals surface area contributed by atoms with Gasteiger partial charge in [-0.25, -0.2) is 0 Å². The van der Waals surface area contributed by atoms with Gasteiger partial charge in [-0.2, -0.15) is 0 Å². The Morgan fingerprint density at radius 2 is 2.08 bits per heavy atom. The zero-order valence-electron chi connectivity index (χ0n) is 6.66. The predicted molar refractivity (Wildman–Crippen MR) is 53.2 cm³/mol. The lowest BCUT2D eigenvalue weighted by Gasteiger charge is -2.01. The second-order valence-electron chi connectivity index (χ2n) is 2.60. The molecule has 0 unspecified atom stereocenters. The largest absolute Gasteiger partial charge is 0.508 e. The number of rotatable bonds is 3. The molecule has 1 rings (SSSR count). The van der Waals surface area contributed by atoms with E-state index in [-0.39, 0.29) is 0 Å². The second kappa shape index (κ2) is 4.07. The quantitative estimate of drug-likeness (QED) is 0.696. The van der Waals surface area contributed by atoms with Crippen molar-refractivity contribution in [3.63, 3.8) is 0 Å². The molecule has 0 radical (unpaired) electrons. The van der Waals surface area contributed by atoms with Crippen molar-refractivity contribution in [1.82, 2.24) is 0 Å². The van der Waals surface area contributed by atoms with Crippen molar-refractivity contribution in [3.8, 4) is 5.75 Å². The Balaban J connectivity index is 2.63. The van der Waals surface area contributed by atoms with Crippen LogP contribution >= 0.6 is 12.2 Å². The first-order chi connectivity index (χ1) is 5.70. The van der Waals surface area contributed by atoms with Crippen molar-refractivity contribution in [3.05, 3.63) is 29.8 Å². The molecule has 0 fully saturated rings. The topological polar surface area (TPSA) is 46.2 Å². The number of nitrogens with two attached hydrogens (primary N) is 1. The minimum absolute atomic E-state index is 0.314. The molecule has 0 atom stereocenters. The number of aryl methyl sites for hydroxylation is 1. The fourth-order valence-electron chi connectivity index (χ4n) is 0.980. The van der Waals surface area contributed by atoms with E-state index in [9.17, 15) is 5.11 Å². The summed E-state index contributed by atoms with van der Waals surface area (Å²) in [5.74, 6) is 0.314. The average molecular weight is 181 g/mol. The first-order valence-electron chi connectivity index (χ1n) is 3.75. The van der Waals surface area contributed by atoms with E-state index in [0.717, 1.165) is 5.56 Å². The van der Waals surface area contributed by atoms with E-state index >= 15 is 0 Å². The molecule has 0 aliphatic heterocycles. The molecule has 1 aromatic carbocycles. The zero-order valence-corrected chi connectivity index (χ0v) is 7.47. The molecule has 0 amide bonds. The number of thiocarbonyl (C=S) groups is 1. The van der Waals surface area contributed by atoms with E-state index in [1.165, 1.54) is 0 Å². The minimum atomic E-state index is 0.314. The van der Waals surface area contributed by atoms with Crippen molar-refractivity contribution >= 4 is 17.2 Å². The summed E-state index contributed by atoms with van der Waals surface area (Å²) in [4.78, 5) is 0.484. The van der Waals surface area contributed by atoms with Gasteiger partial charge in [0.25, 0.3) is 0 Å². The maximum Gasteiger partial charge on any atom is 0.118 e. The van der Waals surface area contributed by atoms with Crippen molar-refractivity contribution in [2.24, 2.45) is 5.73 Å². The highest BCUT2D eigenvalue weighted by Crippen LogP contribution is 2.16. The van der Waals surface area contributed by atoms with Crippen LogP contribution in [0, 0.1) is 0 Å². The van der Waals surface area contributed by atoms with Crippen molar-refractivity contribution < 1.29 is 5.11 Å². The molecule has 3 heteroatoms. The number of hydrogen-bond donors (Lipinski definition) is 2. The van der Waals surface area contributed by atoms with Crippen LogP contribution in [0.5, 0.6) is 5.75 Å². The van der Waals surface area contributed by atoms with Gasteiger partial charge >= 0.3 is 0 Å². The molecule has 12 heavy (non-hydrogen) atoms. The first-order valence-corrected chi connectivity index (χ1v) is 4.16. The van der Waals surface area contributed by atoms with Crippen LogP contribution < -0.4 is 5.73 Å². The number of phenolic OH excluding ortho intramolecular Hbond substituents is 1. The lowest BCUT2D eigenvalue weighted by atomic mass is 10.1. The zero-order chi connectivity index (χ0) is 8.97. The van der Waals surface area contributed by atoms with Crippen LogP contribution in [0.1, 0.15) is 12.0 Å². The Hall–Kier alpha value is -1.09. The molecule has 0 bridgehead atoms. The molecule has 3 N–H and O–H groups in total. The number of benzene rings is 1. The summed E-state index contributed by atoms with van der Waals surface area (Å²) in [5.41, 5.74) is 6.23. The summed E-state index contributed by atoms with van der Waals surface area (Å²) in [6.07, 6.45) is 1.36. The summed E-state index contributed by atoms with van der Waals surface area (Å²) >= 11 is 4.73. The van der Waals surface area contributed by atoms with Crippen LogP contribution in [-0.4, -0.2) is 10.1 Å². The molecule has 0 heterocycles. The summed E-state index contributed by atoms with van der Waals surface area (Å²) < 4.78 is 0. The van der Waals surface area contributed by atoms with E-state index in [1.54, 1.807) is 12.1 Å². The van der Waals surface area contributed by atoms with Gasteiger partial charge in [-0.3, -0.25) is 0 Å². The van der Waals surface area contributed by atoms with Gasteiger partial charge in [-0.1, -0.05) is 30.4 Å². The molecule has 0 saturated carbocycles. The molecular weight excluding hydrogens is 170 g/mol. The number of aromatic hydroxyl groups is 1. The van der Waals surface area contributed by atoms with E-state index in [0.29, 0.717) is 23.6 Å². The maximum atomic E-state index is 9.34. The molecule has 0 aliphatic rings. The Kier molecular flexibility index (Phi) is 3.05. The predicted octanol–water partition coefficient (Wildman–Crippen LogP) is 1.61. The SMILES string of the molecule is NC(=S)CCc1ccccc1O. The summed E-state index contributed by atoms with van der Waals surface area (Å²) in [7, 11) is 0. The fourth-order valence-corrected chi connectivity index (χ4v) is 1.08. The van der Waals surface area contributed by atoms with Crippen LogP contribution in [0.3, 0.4) is 0 Å². The lowest BCUT2D eigenvalue weighted by Crippen LogP contribution is -2.08. The molecule has 0 aliphatic carbocycles. The first kappa shape index (κ1) is 9.00. The van der Waals surface area contributed by atoms with E-state index in [2.05, 4.69) is 0 Å². The van der Waals surface area contributed by atoms with Crippen molar-refractivity contribution in [1.29, 1.82) is 0 Å². The Labute approximate surface area is 77.0 Å². The average Bonchev–Trinajstić information content (AvgIpc) is 2.03. The molecular formula is C9H11NOS. The summed E-state index contributed by atoms with van der Waals surface area (Å²) in [6.45, 7) is 0. The minimum Gasteiger partial charge on any atom is -0.508 e. The highest BCUT2D eigenvalue weighted by molar-refractivity contribution is 7.80. The summed E-state index contributed by atoms with van der Waals surface area (Å²) in [6, 6.07) is 7.21. The lowest BCUT2D eigenvalue weighted by molar-refractivity contribution is 0.468. The smallest absolute Gasteiger partial charge is 0.118 e. The Morgan fingerprint density at radius 3 is 2.67 bits per heavy atom. The molecule has 2 nitrogen and oxygen atoms in total. The van der Waals surface area contributed by atoms with Gasteiger partial charge < -0.3 is 10.8 Å². The molecule has 0 aromatic heterocycles. The highest BCUT2D eigenvalue weighted by atomic mass is 32.1. The van der Waals surface area contributed by atoms with Gasteiger partial charge in [0.05, 0.1) is 4.99 Å². The standard InChI is InChI=1S/C9H11NOS/c10-9(12)6-5-7-3-1-2-4-8(7)11/h1-4,11H,5-6H2,(H2,10,12). The van der Waals surface area contributed by atoms with Gasteiger partial charge in [0, 0.05) is 6.42 Å². The highest BCUT2D eigenvalue weighted by Gasteiger charge is 1.99. The summed E-state index contributed by atoms with van der Waals surface area (Å²) in [5, 5.41) is 9.34. The molecule has 0 saturated heterocycles. The fraction of sp³-hybridized carbons (Fsp3) is 0.222. The number of hydrogen-bond acceptors (Lipinski definition) is 2. The van der Waals surface area contributed by atoms with Crippen LogP contribution in [0.4, 0.5) is 0 Å². The third-order valence-corrected chi connectivity index (χ3v) is 1.84. The Bertz CT molecular complexity index is 286. The maximum absolute atomic E-state index is 9.34. The monoisotopic (exact) mass is 181 g/mol. The third-order valence-electron chi connectivity index (χ3n) is 1.63. The van der Waals surface area contributed by atoms with Gasteiger partial charge in [-0.05, 0) is 18.1 Å².